The first kappa shape index (κ1) is 26.1. The average molecular weight is 497 g/mol. The van der Waals surface area contributed by atoms with Crippen LogP contribution in [0.15, 0.2) is 77.7 Å². The minimum atomic E-state index is -4.04. The van der Waals surface area contributed by atoms with Crippen LogP contribution in [0, 0.1) is 13.8 Å². The van der Waals surface area contributed by atoms with E-state index in [1.165, 1.54) is 12.1 Å². The predicted molar refractivity (Wildman–Crippen MR) is 138 cm³/mol. The Balaban J connectivity index is 1.80. The summed E-state index contributed by atoms with van der Waals surface area (Å²) in [7, 11) is -4.04. The van der Waals surface area contributed by atoms with Crippen molar-refractivity contribution in [1.29, 1.82) is 0 Å². The van der Waals surface area contributed by atoms with E-state index in [1.54, 1.807) is 43.3 Å². The third-order valence-corrected chi connectivity index (χ3v) is 7.03. The van der Waals surface area contributed by atoms with Crippen molar-refractivity contribution in [3.05, 3.63) is 83.9 Å². The number of sulfonamides is 1. The Morgan fingerprint density at radius 2 is 1.51 bits per heavy atom. The molecule has 0 aliphatic heterocycles. The Bertz CT molecular complexity index is 1230. The van der Waals surface area contributed by atoms with Crippen molar-refractivity contribution < 1.29 is 22.7 Å². The third-order valence-electron chi connectivity index (χ3n) is 5.26. The molecule has 0 heterocycles. The van der Waals surface area contributed by atoms with Gasteiger partial charge < -0.3 is 14.8 Å². The van der Waals surface area contributed by atoms with Gasteiger partial charge in [0.25, 0.3) is 10.0 Å². The van der Waals surface area contributed by atoms with Gasteiger partial charge in [0.1, 0.15) is 24.7 Å². The first-order valence-corrected chi connectivity index (χ1v) is 12.9. The molecule has 3 aromatic carbocycles. The van der Waals surface area contributed by atoms with Gasteiger partial charge in [-0.15, -0.1) is 0 Å². The predicted octanol–water partition coefficient (Wildman–Crippen LogP) is 4.48. The lowest BCUT2D eigenvalue weighted by Crippen LogP contribution is -2.45. The van der Waals surface area contributed by atoms with Gasteiger partial charge in [0.05, 0.1) is 23.2 Å². The van der Waals surface area contributed by atoms with E-state index in [4.69, 9.17) is 9.47 Å². The number of para-hydroxylation sites is 2. The lowest BCUT2D eigenvalue weighted by molar-refractivity contribution is -0.120. The van der Waals surface area contributed by atoms with Crippen LogP contribution in [0.25, 0.3) is 0 Å². The van der Waals surface area contributed by atoms with Crippen molar-refractivity contribution >= 4 is 21.6 Å². The van der Waals surface area contributed by atoms with Crippen LogP contribution in [-0.2, 0) is 14.8 Å². The van der Waals surface area contributed by atoms with E-state index < -0.39 is 22.5 Å². The van der Waals surface area contributed by atoms with Crippen LogP contribution in [0.2, 0.25) is 0 Å². The van der Waals surface area contributed by atoms with Crippen LogP contribution in [0.4, 0.5) is 5.69 Å². The number of aryl methyl sites for hydroxylation is 2. The number of benzene rings is 3. The number of hydrogen-bond donors (Lipinski definition) is 1. The number of ether oxygens (including phenoxy) is 2. The Hall–Kier alpha value is -3.52. The molecule has 35 heavy (non-hydrogen) atoms. The zero-order valence-corrected chi connectivity index (χ0v) is 21.3. The zero-order valence-electron chi connectivity index (χ0n) is 20.5. The average Bonchev–Trinajstić information content (AvgIpc) is 2.83. The van der Waals surface area contributed by atoms with Gasteiger partial charge in [-0.3, -0.25) is 9.10 Å². The van der Waals surface area contributed by atoms with Gasteiger partial charge in [0.15, 0.2) is 0 Å². The molecule has 186 valence electrons. The molecule has 7 nitrogen and oxygen atoms in total. The molecule has 0 saturated carbocycles. The molecule has 0 bridgehead atoms. The Morgan fingerprint density at radius 1 is 0.914 bits per heavy atom. The normalized spacial score (nSPS) is 12.0. The van der Waals surface area contributed by atoms with Crippen molar-refractivity contribution in [2.45, 2.75) is 38.6 Å². The van der Waals surface area contributed by atoms with E-state index in [-0.39, 0.29) is 17.5 Å². The summed E-state index contributed by atoms with van der Waals surface area (Å²) in [5.74, 6) is 0.632. The third kappa shape index (κ3) is 6.99. The van der Waals surface area contributed by atoms with E-state index in [9.17, 15) is 13.2 Å². The SMILES string of the molecule is CCOc1ccccc1N(CC(=O)NC(C)COc1ccc(C)cc1)S(=O)(=O)c1ccc(C)cc1. The molecule has 1 atom stereocenters. The van der Waals surface area contributed by atoms with E-state index in [1.807, 2.05) is 45.0 Å². The summed E-state index contributed by atoms with van der Waals surface area (Å²) < 4.78 is 39.8. The van der Waals surface area contributed by atoms with Gasteiger partial charge in [0, 0.05) is 0 Å². The monoisotopic (exact) mass is 496 g/mol. The van der Waals surface area contributed by atoms with E-state index in [0.29, 0.717) is 23.8 Å². The fourth-order valence-electron chi connectivity index (χ4n) is 3.43. The molecule has 0 spiro atoms. The van der Waals surface area contributed by atoms with Crippen LogP contribution in [-0.4, -0.2) is 40.1 Å². The second kappa shape index (κ2) is 11.8. The van der Waals surface area contributed by atoms with Crippen LogP contribution in [0.3, 0.4) is 0 Å². The number of rotatable bonds is 11. The van der Waals surface area contributed by atoms with Gasteiger partial charge >= 0.3 is 0 Å². The number of hydrogen-bond acceptors (Lipinski definition) is 5. The molecule has 8 heteroatoms. The van der Waals surface area contributed by atoms with Gasteiger partial charge in [-0.05, 0) is 64.1 Å². The topological polar surface area (TPSA) is 84.9 Å². The van der Waals surface area contributed by atoms with E-state index in [0.717, 1.165) is 15.4 Å². The molecule has 0 aliphatic rings. The van der Waals surface area contributed by atoms with Crippen LogP contribution >= 0.6 is 0 Å². The van der Waals surface area contributed by atoms with Gasteiger partial charge in [-0.2, -0.15) is 0 Å². The first-order valence-electron chi connectivity index (χ1n) is 11.5. The molecule has 0 radical (unpaired) electrons. The highest BCUT2D eigenvalue weighted by molar-refractivity contribution is 7.92. The number of nitrogens with zero attached hydrogens (tertiary/aromatic N) is 1. The zero-order chi connectivity index (χ0) is 25.4. The highest BCUT2D eigenvalue weighted by atomic mass is 32.2. The highest BCUT2D eigenvalue weighted by Crippen LogP contribution is 2.32. The summed E-state index contributed by atoms with van der Waals surface area (Å²) >= 11 is 0. The van der Waals surface area contributed by atoms with Gasteiger partial charge in [-0.25, -0.2) is 8.42 Å². The number of nitrogens with one attached hydrogen (secondary N) is 1. The Labute approximate surface area is 207 Å². The maximum atomic E-state index is 13.6. The quantitative estimate of drug-likeness (QED) is 0.423. The number of carbonyl (C=O) groups is 1. The standard InChI is InChI=1S/C27H32N2O5S/c1-5-33-26-9-7-6-8-25(26)29(35(31,32)24-16-12-21(3)13-17-24)18-27(30)28-22(4)19-34-23-14-10-20(2)11-15-23/h6-17,22H,5,18-19H2,1-4H3,(H,28,30). The van der Waals surface area contributed by atoms with E-state index >= 15 is 0 Å². The van der Waals surface area contributed by atoms with Crippen LogP contribution in [0.1, 0.15) is 25.0 Å². The largest absolute Gasteiger partial charge is 0.492 e. The maximum absolute atomic E-state index is 13.6. The Morgan fingerprint density at radius 3 is 2.14 bits per heavy atom. The number of carbonyl (C=O) groups excluding carboxylic acids is 1. The maximum Gasteiger partial charge on any atom is 0.264 e. The summed E-state index contributed by atoms with van der Waals surface area (Å²) in [4.78, 5) is 13.1. The molecule has 0 saturated heterocycles. The highest BCUT2D eigenvalue weighted by Gasteiger charge is 2.29. The van der Waals surface area contributed by atoms with E-state index in [2.05, 4.69) is 5.32 Å². The second-order valence-corrected chi connectivity index (χ2v) is 10.2. The molecule has 1 amide bonds. The van der Waals surface area contributed by atoms with Crippen molar-refractivity contribution in [3.8, 4) is 11.5 Å². The van der Waals surface area contributed by atoms with Crippen molar-refractivity contribution in [1.82, 2.24) is 5.32 Å². The van der Waals surface area contributed by atoms with Crippen LogP contribution < -0.4 is 19.1 Å². The van der Waals surface area contributed by atoms with Crippen molar-refractivity contribution in [2.75, 3.05) is 24.1 Å². The minimum Gasteiger partial charge on any atom is -0.492 e. The summed E-state index contributed by atoms with van der Waals surface area (Å²) in [5, 5.41) is 2.84. The fourth-order valence-corrected chi connectivity index (χ4v) is 4.86. The molecule has 3 rings (SSSR count). The summed E-state index contributed by atoms with van der Waals surface area (Å²) in [5.41, 5.74) is 2.36. The molecular weight excluding hydrogens is 464 g/mol. The second-order valence-electron chi connectivity index (χ2n) is 8.32. The number of anilines is 1. The molecule has 1 N–H and O–H groups in total. The molecule has 3 aromatic rings. The molecule has 0 aromatic heterocycles. The minimum absolute atomic E-state index is 0.0953. The van der Waals surface area contributed by atoms with Crippen LogP contribution in [0.5, 0.6) is 11.5 Å². The van der Waals surface area contributed by atoms with Gasteiger partial charge in [-0.1, -0.05) is 47.5 Å². The molecule has 0 fully saturated rings. The molecule has 0 aliphatic carbocycles. The molecule has 1 unspecified atom stereocenters. The van der Waals surface area contributed by atoms with Gasteiger partial charge in [0.2, 0.25) is 5.91 Å². The number of amides is 1. The molecular formula is C27H32N2O5S. The van der Waals surface area contributed by atoms with Crippen molar-refractivity contribution in [3.63, 3.8) is 0 Å². The smallest absolute Gasteiger partial charge is 0.264 e. The lowest BCUT2D eigenvalue weighted by Gasteiger charge is -2.26. The Kier molecular flexibility index (Phi) is 8.76. The summed E-state index contributed by atoms with van der Waals surface area (Å²) in [6.45, 7) is 7.69. The first-order chi connectivity index (χ1) is 16.7. The van der Waals surface area contributed by atoms with Crippen molar-refractivity contribution in [2.24, 2.45) is 0 Å². The lowest BCUT2D eigenvalue weighted by atomic mass is 10.2. The summed E-state index contributed by atoms with van der Waals surface area (Å²) in [6, 6.07) is 20.6. The fraction of sp³-hybridized carbons (Fsp3) is 0.296. The summed E-state index contributed by atoms with van der Waals surface area (Å²) in [6.07, 6.45) is 0.